The topological polar surface area (TPSA) is 0 Å². The van der Waals surface area contributed by atoms with Crippen molar-refractivity contribution in [3.05, 3.63) is 31.4 Å². The van der Waals surface area contributed by atoms with E-state index in [1.807, 2.05) is 0 Å². The largest absolute Gasteiger partial charge is 0.417 e. The Bertz CT molecular complexity index is 375. The summed E-state index contributed by atoms with van der Waals surface area (Å²) >= 11 is 10.6. The molecule has 0 spiro atoms. The lowest BCUT2D eigenvalue weighted by molar-refractivity contribution is -0.138. The first-order valence-electron chi connectivity index (χ1n) is 3.15. The third kappa shape index (κ3) is 2.23. The molecule has 78 valence electrons. The van der Waals surface area contributed by atoms with E-state index in [2.05, 4.69) is 31.9 Å². The molecule has 0 nitrogen and oxygen atoms in total. The minimum absolute atomic E-state index is 0.321. The van der Waals surface area contributed by atoms with Crippen LogP contribution in [-0.2, 0) is 6.18 Å². The monoisotopic (exact) mass is 354 g/mol. The van der Waals surface area contributed by atoms with E-state index < -0.39 is 27.1 Å². The molecule has 1 rings (SSSR count). The van der Waals surface area contributed by atoms with Crippen LogP contribution in [0.1, 0.15) is 5.56 Å². The molecule has 0 aliphatic rings. The van der Waals surface area contributed by atoms with Crippen molar-refractivity contribution in [2.24, 2.45) is 0 Å². The van der Waals surface area contributed by atoms with Gasteiger partial charge in [0.25, 0.3) is 0 Å². The van der Waals surface area contributed by atoms with Gasteiger partial charge in [-0.1, -0.05) is 11.6 Å². The first-order chi connectivity index (χ1) is 6.25. The van der Waals surface area contributed by atoms with E-state index >= 15 is 0 Å². The highest BCUT2D eigenvalue weighted by molar-refractivity contribution is 9.11. The number of halogens is 7. The highest BCUT2D eigenvalue weighted by Crippen LogP contribution is 2.41. The van der Waals surface area contributed by atoms with E-state index in [1.165, 1.54) is 0 Å². The van der Waals surface area contributed by atoms with Crippen LogP contribution in [0.3, 0.4) is 0 Å². The first-order valence-corrected chi connectivity index (χ1v) is 5.11. The SMILES string of the molecule is Fc1c(Br)cc(C(F)(F)F)c(Br)c1Cl. The van der Waals surface area contributed by atoms with Crippen LogP contribution in [0, 0.1) is 5.82 Å². The third-order valence-corrected chi connectivity index (χ3v) is 3.39. The average Bonchev–Trinajstić information content (AvgIpc) is 2.06. The summed E-state index contributed by atoms with van der Waals surface area (Å²) in [5.41, 5.74) is -1.02. The quantitative estimate of drug-likeness (QED) is 0.348. The van der Waals surface area contributed by atoms with Crippen LogP contribution in [0.2, 0.25) is 5.02 Å². The van der Waals surface area contributed by atoms with Gasteiger partial charge in [0.1, 0.15) is 0 Å². The van der Waals surface area contributed by atoms with Crippen LogP contribution >= 0.6 is 43.5 Å². The van der Waals surface area contributed by atoms with Crippen molar-refractivity contribution in [3.63, 3.8) is 0 Å². The maximum Gasteiger partial charge on any atom is 0.417 e. The van der Waals surface area contributed by atoms with Gasteiger partial charge < -0.3 is 0 Å². The van der Waals surface area contributed by atoms with E-state index in [4.69, 9.17) is 11.6 Å². The molecule has 0 bridgehead atoms. The fourth-order valence-corrected chi connectivity index (χ4v) is 2.04. The summed E-state index contributed by atoms with van der Waals surface area (Å²) < 4.78 is 49.1. The van der Waals surface area contributed by atoms with Crippen molar-refractivity contribution >= 4 is 43.5 Å². The van der Waals surface area contributed by atoms with E-state index in [1.54, 1.807) is 0 Å². The fourth-order valence-electron chi connectivity index (χ4n) is 0.779. The van der Waals surface area contributed by atoms with Gasteiger partial charge in [0.2, 0.25) is 0 Å². The zero-order valence-electron chi connectivity index (χ0n) is 6.22. The van der Waals surface area contributed by atoms with Gasteiger partial charge in [-0.15, -0.1) is 0 Å². The maximum absolute atomic E-state index is 13.0. The molecule has 0 aliphatic carbocycles. The Morgan fingerprint density at radius 1 is 1.21 bits per heavy atom. The van der Waals surface area contributed by atoms with Crippen LogP contribution in [0.4, 0.5) is 17.6 Å². The van der Waals surface area contributed by atoms with Crippen molar-refractivity contribution in [1.82, 2.24) is 0 Å². The molecule has 0 atom stereocenters. The first kappa shape index (κ1) is 12.3. The second-order valence-electron chi connectivity index (χ2n) is 2.35. The summed E-state index contributed by atoms with van der Waals surface area (Å²) in [7, 11) is 0. The van der Waals surface area contributed by atoms with E-state index in [-0.39, 0.29) is 4.47 Å². The molecule has 0 heterocycles. The summed E-state index contributed by atoms with van der Waals surface area (Å²) in [6, 6.07) is 0.630. The molecule has 0 aliphatic heterocycles. The molecule has 0 radical (unpaired) electrons. The highest BCUT2D eigenvalue weighted by Gasteiger charge is 2.35. The number of benzene rings is 1. The maximum atomic E-state index is 13.0. The summed E-state index contributed by atoms with van der Waals surface area (Å²) in [4.78, 5) is 0. The predicted octanol–water partition coefficient (Wildman–Crippen LogP) is 5.02. The highest BCUT2D eigenvalue weighted by atomic mass is 79.9. The third-order valence-electron chi connectivity index (χ3n) is 1.41. The predicted molar refractivity (Wildman–Crippen MR) is 51.8 cm³/mol. The molecule has 0 amide bonds. The minimum atomic E-state index is -4.57. The lowest BCUT2D eigenvalue weighted by atomic mass is 10.2. The summed E-state index contributed by atoms with van der Waals surface area (Å²) in [5.74, 6) is -0.924. The molecule has 1 aromatic carbocycles. The van der Waals surface area contributed by atoms with Gasteiger partial charge in [-0.05, 0) is 37.9 Å². The van der Waals surface area contributed by atoms with Gasteiger partial charge >= 0.3 is 6.18 Å². The van der Waals surface area contributed by atoms with Gasteiger partial charge in [0.05, 0.1) is 19.5 Å². The molecule has 0 fully saturated rings. The molecule has 1 aromatic rings. The van der Waals surface area contributed by atoms with Gasteiger partial charge in [0, 0.05) is 0 Å². The van der Waals surface area contributed by atoms with Crippen molar-refractivity contribution in [2.45, 2.75) is 6.18 Å². The van der Waals surface area contributed by atoms with E-state index in [0.29, 0.717) is 6.07 Å². The second kappa shape index (κ2) is 3.98. The van der Waals surface area contributed by atoms with Crippen LogP contribution in [0.25, 0.3) is 0 Å². The molecule has 14 heavy (non-hydrogen) atoms. The van der Waals surface area contributed by atoms with E-state index in [0.717, 1.165) is 0 Å². The Morgan fingerprint density at radius 3 is 2.14 bits per heavy atom. The lowest BCUT2D eigenvalue weighted by Crippen LogP contribution is -2.07. The standard InChI is InChI=1S/C7HBr2ClF4/c8-3-1-2(7(12,13)14)4(9)5(10)6(3)11/h1H. The Kier molecular flexibility index (Phi) is 3.49. The van der Waals surface area contributed by atoms with Gasteiger partial charge in [-0.3, -0.25) is 0 Å². The van der Waals surface area contributed by atoms with Crippen molar-refractivity contribution in [2.75, 3.05) is 0 Å². The van der Waals surface area contributed by atoms with Gasteiger partial charge in [-0.25, -0.2) is 4.39 Å². The molecular formula is C7HBr2ClF4. The number of hydrogen-bond donors (Lipinski definition) is 0. The summed E-state index contributed by atoms with van der Waals surface area (Å²) in [5, 5.41) is -0.591. The van der Waals surface area contributed by atoms with Gasteiger partial charge in [0.15, 0.2) is 5.82 Å². The van der Waals surface area contributed by atoms with Crippen molar-refractivity contribution in [1.29, 1.82) is 0 Å². The zero-order valence-corrected chi connectivity index (χ0v) is 10.2. The fraction of sp³-hybridized carbons (Fsp3) is 0.143. The molecule has 0 aromatic heterocycles. The summed E-state index contributed by atoms with van der Waals surface area (Å²) in [6.45, 7) is 0. The molecule has 0 saturated carbocycles. The number of hydrogen-bond acceptors (Lipinski definition) is 0. The molecule has 0 N–H and O–H groups in total. The normalized spacial score (nSPS) is 11.9. The molecule has 7 heteroatoms. The zero-order chi connectivity index (χ0) is 11.1. The van der Waals surface area contributed by atoms with Crippen LogP contribution in [0.15, 0.2) is 15.0 Å². The molecule has 0 unspecified atom stereocenters. The summed E-state index contributed by atoms with van der Waals surface area (Å²) in [6.07, 6.45) is -4.57. The molecule has 0 saturated heterocycles. The molecular weight excluding hydrogens is 355 g/mol. The van der Waals surface area contributed by atoms with Crippen LogP contribution in [0.5, 0.6) is 0 Å². The van der Waals surface area contributed by atoms with Crippen LogP contribution in [-0.4, -0.2) is 0 Å². The van der Waals surface area contributed by atoms with Crippen molar-refractivity contribution < 1.29 is 17.6 Å². The lowest BCUT2D eigenvalue weighted by Gasteiger charge is -2.11. The van der Waals surface area contributed by atoms with Gasteiger partial charge in [-0.2, -0.15) is 13.2 Å². The van der Waals surface area contributed by atoms with Crippen molar-refractivity contribution in [3.8, 4) is 0 Å². The Labute approximate surface area is 98.5 Å². The van der Waals surface area contributed by atoms with Crippen LogP contribution < -0.4 is 0 Å². The average molecular weight is 356 g/mol. The number of alkyl halides is 3. The second-order valence-corrected chi connectivity index (χ2v) is 4.37. The minimum Gasteiger partial charge on any atom is -0.204 e. The number of rotatable bonds is 0. The van der Waals surface area contributed by atoms with E-state index in [9.17, 15) is 17.6 Å². The Hall–Kier alpha value is 0.190. The Balaban J connectivity index is 3.49. The smallest absolute Gasteiger partial charge is 0.204 e. The Morgan fingerprint density at radius 2 is 1.71 bits per heavy atom.